The van der Waals surface area contributed by atoms with Crippen LogP contribution < -0.4 is 79.0 Å². The molecule has 0 saturated heterocycles. The molecule has 0 aromatic heterocycles. The normalized spacial score (nSPS) is 11.7. The molecule has 0 saturated carbocycles. The third-order valence-corrected chi connectivity index (χ3v) is 4.20. The van der Waals surface area contributed by atoms with Gasteiger partial charge in [0.05, 0.1) is 27.6 Å². The number of rotatable bonds is 12. The van der Waals surface area contributed by atoms with Gasteiger partial charge in [-0.25, -0.2) is 0 Å². The van der Waals surface area contributed by atoms with Gasteiger partial charge in [-0.3, -0.25) is 4.79 Å². The van der Waals surface area contributed by atoms with Gasteiger partial charge in [0.25, 0.3) is 0 Å². The van der Waals surface area contributed by atoms with E-state index in [1.807, 2.05) is 0 Å². The molecule has 7 nitrogen and oxygen atoms in total. The first-order valence-corrected chi connectivity index (χ1v) is 9.91. The Bertz CT molecular complexity index is 584. The number of carbonyl (C=O) groups excluding carboxylic acids is 1. The van der Waals surface area contributed by atoms with E-state index >= 15 is 0 Å². The van der Waals surface area contributed by atoms with Crippen LogP contribution in [-0.4, -0.2) is 19.6 Å². The number of amides is 1. The number of unbranched alkanes of at least 4 members (excludes halogenated alkanes) is 4. The van der Waals surface area contributed by atoms with Gasteiger partial charge in [0, 0.05) is 6.42 Å². The SMILES string of the molecule is CCCCCCCC(=O)N[C@@H](COP(=O)([O-])[O-])c1cccc(OC)c1.[Na+].[Na+]. The van der Waals surface area contributed by atoms with Crippen molar-refractivity contribution in [3.8, 4) is 5.75 Å². The van der Waals surface area contributed by atoms with Gasteiger partial charge in [0.1, 0.15) is 5.75 Å². The molecule has 1 atom stereocenters. The molecule has 1 rings (SSSR count). The van der Waals surface area contributed by atoms with Crippen LogP contribution in [0.25, 0.3) is 0 Å². The Morgan fingerprint density at radius 2 is 1.85 bits per heavy atom. The van der Waals surface area contributed by atoms with E-state index in [0.29, 0.717) is 17.7 Å². The molecule has 0 spiro atoms. The molecule has 0 aliphatic heterocycles. The predicted octanol–water partition coefficient (Wildman–Crippen LogP) is -3.93. The third-order valence-electron chi connectivity index (χ3n) is 3.74. The Balaban J connectivity index is 0. The van der Waals surface area contributed by atoms with Gasteiger partial charge in [-0.1, -0.05) is 44.7 Å². The van der Waals surface area contributed by atoms with Gasteiger partial charge in [-0.2, -0.15) is 0 Å². The molecule has 1 N–H and O–H groups in total. The molecule has 0 aliphatic rings. The average Bonchev–Trinajstić information content (AvgIpc) is 2.57. The summed E-state index contributed by atoms with van der Waals surface area (Å²) in [7, 11) is -3.62. The second kappa shape index (κ2) is 16.4. The van der Waals surface area contributed by atoms with E-state index in [1.54, 1.807) is 24.3 Å². The Morgan fingerprint density at radius 3 is 2.44 bits per heavy atom. The number of hydrogen-bond donors (Lipinski definition) is 1. The minimum Gasteiger partial charge on any atom is -0.790 e. The first-order valence-electron chi connectivity index (χ1n) is 8.45. The number of hydrogen-bond acceptors (Lipinski definition) is 6. The zero-order chi connectivity index (χ0) is 18.7. The van der Waals surface area contributed by atoms with Crippen molar-refractivity contribution in [2.24, 2.45) is 0 Å². The smallest absolute Gasteiger partial charge is 0.790 e. The van der Waals surface area contributed by atoms with Gasteiger partial charge in [0.2, 0.25) is 5.91 Å². The Hall–Kier alpha value is 0.600. The van der Waals surface area contributed by atoms with Crippen molar-refractivity contribution in [1.29, 1.82) is 0 Å². The molecule has 0 bridgehead atoms. The van der Waals surface area contributed by atoms with Crippen LogP contribution in [0.5, 0.6) is 5.75 Å². The van der Waals surface area contributed by atoms with Crippen molar-refractivity contribution < 1.29 is 87.5 Å². The molecule has 142 valence electrons. The average molecular weight is 417 g/mol. The number of phosphoric acid groups is 1. The van der Waals surface area contributed by atoms with Crippen molar-refractivity contribution >= 4 is 13.7 Å². The maximum atomic E-state index is 12.1. The summed E-state index contributed by atoms with van der Waals surface area (Å²) in [6.45, 7) is 1.68. The summed E-state index contributed by atoms with van der Waals surface area (Å²) in [5.41, 5.74) is 0.604. The molecule has 1 aromatic carbocycles. The monoisotopic (exact) mass is 417 g/mol. The molecule has 10 heteroatoms. The number of ether oxygens (including phenoxy) is 1. The van der Waals surface area contributed by atoms with Crippen LogP contribution in [-0.2, 0) is 13.9 Å². The van der Waals surface area contributed by atoms with Crippen LogP contribution in [0.3, 0.4) is 0 Å². The van der Waals surface area contributed by atoms with Crippen molar-refractivity contribution in [3.05, 3.63) is 29.8 Å². The number of phosphoric ester groups is 1. The Kier molecular flexibility index (Phi) is 18.1. The summed E-state index contributed by atoms with van der Waals surface area (Å²) in [6.07, 6.45) is 5.44. The minimum absolute atomic E-state index is 0. The molecule has 0 fully saturated rings. The van der Waals surface area contributed by atoms with Crippen LogP contribution in [0.15, 0.2) is 24.3 Å². The number of methoxy groups -OCH3 is 1. The Labute approximate surface area is 205 Å². The summed E-state index contributed by atoms with van der Waals surface area (Å²) >= 11 is 0. The van der Waals surface area contributed by atoms with E-state index < -0.39 is 20.5 Å². The molecular formula is C17H26NNa2O6P. The first-order chi connectivity index (χ1) is 11.9. The van der Waals surface area contributed by atoms with Crippen molar-refractivity contribution in [3.63, 3.8) is 0 Å². The van der Waals surface area contributed by atoms with Crippen molar-refractivity contribution in [2.75, 3.05) is 13.7 Å². The van der Waals surface area contributed by atoms with Crippen molar-refractivity contribution in [2.45, 2.75) is 51.5 Å². The summed E-state index contributed by atoms with van der Waals surface area (Å²) in [4.78, 5) is 33.6. The summed E-state index contributed by atoms with van der Waals surface area (Å²) < 4.78 is 20.3. The summed E-state index contributed by atoms with van der Waals surface area (Å²) in [6, 6.07) is 6.07. The quantitative estimate of drug-likeness (QED) is 0.211. The van der Waals surface area contributed by atoms with Gasteiger partial charge in [0.15, 0.2) is 0 Å². The van der Waals surface area contributed by atoms with Crippen molar-refractivity contribution in [1.82, 2.24) is 5.32 Å². The zero-order valence-electron chi connectivity index (χ0n) is 16.7. The molecular weight excluding hydrogens is 391 g/mol. The fourth-order valence-electron chi connectivity index (χ4n) is 2.40. The maximum absolute atomic E-state index is 12.1. The van der Waals surface area contributed by atoms with Gasteiger partial charge in [-0.15, -0.1) is 0 Å². The van der Waals surface area contributed by atoms with Crippen LogP contribution >= 0.6 is 7.82 Å². The Morgan fingerprint density at radius 1 is 1.19 bits per heavy atom. The van der Waals surface area contributed by atoms with E-state index in [1.165, 1.54) is 7.11 Å². The number of benzene rings is 1. The van der Waals surface area contributed by atoms with Gasteiger partial charge in [-0.05, 0) is 24.1 Å². The van der Waals surface area contributed by atoms with Gasteiger partial charge >= 0.3 is 59.1 Å². The minimum atomic E-state index is -5.12. The zero-order valence-corrected chi connectivity index (χ0v) is 21.6. The third kappa shape index (κ3) is 14.3. The van der Waals surface area contributed by atoms with Crippen LogP contribution in [0.1, 0.15) is 57.1 Å². The molecule has 0 aliphatic carbocycles. The molecule has 1 aromatic rings. The fourth-order valence-corrected chi connectivity index (χ4v) is 2.73. The molecule has 0 radical (unpaired) electrons. The standard InChI is InChI=1S/C17H28NO6P.2Na/c1-3-4-5-6-7-11-17(19)18-16(13-24-25(20,21)22)14-9-8-10-15(12-14)23-2;;/h8-10,12,16H,3-7,11,13H2,1-2H3,(H,18,19)(H2,20,21,22);;/q;2*+1/p-2/t16-;;/m0../s1. The largest absolute Gasteiger partial charge is 1.00 e. The maximum Gasteiger partial charge on any atom is 1.00 e. The van der Waals surface area contributed by atoms with Crippen LogP contribution in [0.2, 0.25) is 0 Å². The predicted molar refractivity (Wildman–Crippen MR) is 90.8 cm³/mol. The summed E-state index contributed by atoms with van der Waals surface area (Å²) in [5.74, 6) is 0.350. The molecule has 0 unspecified atom stereocenters. The van der Waals surface area contributed by atoms with E-state index in [-0.39, 0.29) is 65.0 Å². The van der Waals surface area contributed by atoms with E-state index in [2.05, 4.69) is 16.8 Å². The van der Waals surface area contributed by atoms with E-state index in [4.69, 9.17) is 4.74 Å². The molecule has 0 heterocycles. The van der Waals surface area contributed by atoms with E-state index in [0.717, 1.165) is 32.1 Å². The number of carbonyl (C=O) groups is 1. The van der Waals surface area contributed by atoms with Crippen LogP contribution in [0.4, 0.5) is 0 Å². The topological polar surface area (TPSA) is 111 Å². The number of nitrogens with one attached hydrogen (secondary N) is 1. The van der Waals surface area contributed by atoms with Crippen LogP contribution in [0, 0.1) is 0 Å². The fraction of sp³-hybridized carbons (Fsp3) is 0.588. The summed E-state index contributed by atoms with van der Waals surface area (Å²) in [5, 5.41) is 2.73. The molecule has 1 amide bonds. The first kappa shape index (κ1) is 29.8. The van der Waals surface area contributed by atoms with E-state index in [9.17, 15) is 19.1 Å². The second-order valence-electron chi connectivity index (χ2n) is 5.80. The molecule has 27 heavy (non-hydrogen) atoms. The second-order valence-corrected chi connectivity index (χ2v) is 6.96. The van der Waals surface area contributed by atoms with Gasteiger partial charge < -0.3 is 28.9 Å².